The van der Waals surface area contributed by atoms with Crippen molar-refractivity contribution in [3.8, 4) is 16.4 Å². The van der Waals surface area contributed by atoms with Crippen LogP contribution in [0.1, 0.15) is 17.4 Å². The average molecular weight is 349 g/mol. The van der Waals surface area contributed by atoms with Gasteiger partial charge in [0.25, 0.3) is 0 Å². The van der Waals surface area contributed by atoms with Crippen LogP contribution in [-0.4, -0.2) is 27.3 Å². The number of esters is 1. The maximum atomic E-state index is 11.7. The molecular formula is C15H13ClN4O2S. The Labute approximate surface area is 141 Å². The van der Waals surface area contributed by atoms with Crippen LogP contribution < -0.4 is 5.73 Å². The minimum atomic E-state index is -0.466. The number of benzene rings is 1. The number of nitrogen functional groups attached to an aromatic ring is 1. The van der Waals surface area contributed by atoms with Crippen molar-refractivity contribution >= 4 is 34.7 Å². The Morgan fingerprint density at radius 3 is 2.96 bits per heavy atom. The first-order valence-corrected chi connectivity index (χ1v) is 8.09. The molecule has 2 heterocycles. The van der Waals surface area contributed by atoms with Gasteiger partial charge in [-0.15, -0.1) is 11.3 Å². The summed E-state index contributed by atoms with van der Waals surface area (Å²) in [6, 6.07) is 9.08. The summed E-state index contributed by atoms with van der Waals surface area (Å²) in [7, 11) is 0. The normalized spacial score (nSPS) is 10.7. The van der Waals surface area contributed by atoms with Crippen molar-refractivity contribution in [1.29, 1.82) is 0 Å². The second-order valence-electron chi connectivity index (χ2n) is 4.58. The Kier molecular flexibility index (Phi) is 4.31. The van der Waals surface area contributed by atoms with Gasteiger partial charge >= 0.3 is 5.97 Å². The van der Waals surface area contributed by atoms with Gasteiger partial charge in [-0.25, -0.2) is 9.78 Å². The summed E-state index contributed by atoms with van der Waals surface area (Å²) in [4.78, 5) is 15.9. The second kappa shape index (κ2) is 6.39. The lowest BCUT2D eigenvalue weighted by Gasteiger charge is -2.00. The summed E-state index contributed by atoms with van der Waals surface area (Å²) in [5.74, 6) is -0.0586. The van der Waals surface area contributed by atoms with Crippen LogP contribution in [0.25, 0.3) is 16.4 Å². The maximum Gasteiger partial charge on any atom is 0.357 e. The molecule has 118 valence electrons. The van der Waals surface area contributed by atoms with Crippen molar-refractivity contribution < 1.29 is 9.53 Å². The van der Waals surface area contributed by atoms with E-state index in [1.807, 2.05) is 18.2 Å². The molecule has 0 amide bonds. The number of nitrogens with zero attached hydrogens (tertiary/aromatic N) is 3. The summed E-state index contributed by atoms with van der Waals surface area (Å²) in [5, 5.41) is 7.12. The van der Waals surface area contributed by atoms with Gasteiger partial charge in [0.2, 0.25) is 5.13 Å². The molecular weight excluding hydrogens is 336 g/mol. The molecule has 0 saturated heterocycles. The smallest absolute Gasteiger partial charge is 0.357 e. The first-order valence-electron chi connectivity index (χ1n) is 6.83. The Morgan fingerprint density at radius 1 is 1.43 bits per heavy atom. The lowest BCUT2D eigenvalue weighted by molar-refractivity contribution is 0.0520. The van der Waals surface area contributed by atoms with Crippen LogP contribution in [0, 0.1) is 0 Å². The van der Waals surface area contributed by atoms with Gasteiger partial charge in [-0.05, 0) is 13.0 Å². The van der Waals surface area contributed by atoms with E-state index >= 15 is 0 Å². The fourth-order valence-corrected chi connectivity index (χ4v) is 3.01. The third-order valence-electron chi connectivity index (χ3n) is 3.04. The third kappa shape index (κ3) is 3.06. The van der Waals surface area contributed by atoms with E-state index in [0.717, 1.165) is 5.56 Å². The van der Waals surface area contributed by atoms with E-state index in [0.29, 0.717) is 28.3 Å². The molecule has 1 aromatic carbocycles. The van der Waals surface area contributed by atoms with Crippen LogP contribution in [0.2, 0.25) is 5.02 Å². The van der Waals surface area contributed by atoms with Gasteiger partial charge < -0.3 is 10.5 Å². The Hall–Kier alpha value is -2.38. The number of ether oxygens (including phenoxy) is 1. The number of nitrogens with two attached hydrogens (primary N) is 1. The number of rotatable bonds is 4. The molecule has 0 aliphatic heterocycles. The number of carbonyl (C=O) groups excluding carboxylic acids is 1. The van der Waals surface area contributed by atoms with E-state index < -0.39 is 5.97 Å². The summed E-state index contributed by atoms with van der Waals surface area (Å²) in [5.41, 5.74) is 7.67. The van der Waals surface area contributed by atoms with Gasteiger partial charge in [-0.3, -0.25) is 0 Å². The number of anilines is 1. The highest BCUT2D eigenvalue weighted by Gasteiger charge is 2.16. The zero-order valence-corrected chi connectivity index (χ0v) is 13.8. The van der Waals surface area contributed by atoms with Crippen LogP contribution >= 0.6 is 22.9 Å². The molecule has 0 aliphatic rings. The van der Waals surface area contributed by atoms with Gasteiger partial charge in [0.1, 0.15) is 5.82 Å². The van der Waals surface area contributed by atoms with Gasteiger partial charge in [0, 0.05) is 17.0 Å². The largest absolute Gasteiger partial charge is 0.461 e. The van der Waals surface area contributed by atoms with Crippen molar-refractivity contribution in [3.63, 3.8) is 0 Å². The first-order chi connectivity index (χ1) is 11.1. The number of hydrogen-bond acceptors (Lipinski definition) is 6. The predicted octanol–water partition coefficient (Wildman–Crippen LogP) is 3.41. The molecule has 0 unspecified atom stereocenters. The summed E-state index contributed by atoms with van der Waals surface area (Å²) in [6.45, 7) is 2.04. The molecule has 0 spiro atoms. The predicted molar refractivity (Wildman–Crippen MR) is 90.1 cm³/mol. The molecule has 0 atom stereocenters. The monoisotopic (exact) mass is 348 g/mol. The molecule has 2 aromatic heterocycles. The quantitative estimate of drug-likeness (QED) is 0.730. The number of aromatic nitrogens is 3. The molecule has 2 N–H and O–H groups in total. The Morgan fingerprint density at radius 2 is 2.22 bits per heavy atom. The van der Waals surface area contributed by atoms with Gasteiger partial charge in [0.15, 0.2) is 5.69 Å². The zero-order valence-electron chi connectivity index (χ0n) is 12.2. The zero-order chi connectivity index (χ0) is 16.4. The molecule has 3 rings (SSSR count). The second-order valence-corrected chi connectivity index (χ2v) is 5.83. The van der Waals surface area contributed by atoms with E-state index in [1.165, 1.54) is 16.0 Å². The molecule has 0 aliphatic carbocycles. The molecule has 0 bridgehead atoms. The lowest BCUT2D eigenvalue weighted by Crippen LogP contribution is -2.06. The standard InChI is InChI=1S/C15H13ClN4O2S/c1-2-22-14(21)12-8-23-15(18-12)20-13(17)7-11(19-20)9-5-3-4-6-10(9)16/h3-8H,2,17H2,1H3. The highest BCUT2D eigenvalue weighted by atomic mass is 35.5. The topological polar surface area (TPSA) is 83.0 Å². The van der Waals surface area contributed by atoms with Crippen LogP contribution in [0.5, 0.6) is 0 Å². The Balaban J connectivity index is 1.96. The fraction of sp³-hybridized carbons (Fsp3) is 0.133. The van der Waals surface area contributed by atoms with E-state index in [-0.39, 0.29) is 5.69 Å². The van der Waals surface area contributed by atoms with Crippen molar-refractivity contribution in [2.45, 2.75) is 6.92 Å². The van der Waals surface area contributed by atoms with Crippen molar-refractivity contribution in [2.75, 3.05) is 12.3 Å². The number of hydrogen-bond donors (Lipinski definition) is 1. The third-order valence-corrected chi connectivity index (χ3v) is 4.19. The molecule has 0 fully saturated rings. The molecule has 23 heavy (non-hydrogen) atoms. The van der Waals surface area contributed by atoms with E-state index in [2.05, 4.69) is 10.1 Å². The number of halogens is 1. The molecule has 0 radical (unpaired) electrons. The minimum absolute atomic E-state index is 0.237. The number of carbonyl (C=O) groups is 1. The molecule has 3 aromatic rings. The van der Waals surface area contributed by atoms with Crippen LogP contribution in [0.15, 0.2) is 35.7 Å². The Bertz CT molecular complexity index is 859. The first kappa shape index (κ1) is 15.5. The van der Waals surface area contributed by atoms with Crippen LogP contribution in [0.4, 0.5) is 5.82 Å². The van der Waals surface area contributed by atoms with Gasteiger partial charge in [-0.2, -0.15) is 9.78 Å². The van der Waals surface area contributed by atoms with Gasteiger partial charge in [0.05, 0.1) is 17.3 Å². The van der Waals surface area contributed by atoms with Crippen molar-refractivity contribution in [3.05, 3.63) is 46.4 Å². The summed E-state index contributed by atoms with van der Waals surface area (Å²) in [6.07, 6.45) is 0. The molecule has 8 heteroatoms. The summed E-state index contributed by atoms with van der Waals surface area (Å²) < 4.78 is 6.40. The highest BCUT2D eigenvalue weighted by molar-refractivity contribution is 7.12. The lowest BCUT2D eigenvalue weighted by atomic mass is 10.1. The van der Waals surface area contributed by atoms with Crippen LogP contribution in [0.3, 0.4) is 0 Å². The van der Waals surface area contributed by atoms with Gasteiger partial charge in [-0.1, -0.05) is 29.8 Å². The van der Waals surface area contributed by atoms with Crippen molar-refractivity contribution in [1.82, 2.24) is 14.8 Å². The van der Waals surface area contributed by atoms with Crippen molar-refractivity contribution in [2.24, 2.45) is 0 Å². The minimum Gasteiger partial charge on any atom is -0.461 e. The maximum absolute atomic E-state index is 11.7. The average Bonchev–Trinajstić information content (AvgIpc) is 3.14. The van der Waals surface area contributed by atoms with E-state index in [9.17, 15) is 4.79 Å². The van der Waals surface area contributed by atoms with Crippen LogP contribution in [-0.2, 0) is 4.74 Å². The highest BCUT2D eigenvalue weighted by Crippen LogP contribution is 2.29. The van der Waals surface area contributed by atoms with E-state index in [4.69, 9.17) is 22.1 Å². The SMILES string of the molecule is CCOC(=O)c1csc(-n2nc(-c3ccccc3Cl)cc2N)n1. The van der Waals surface area contributed by atoms with E-state index in [1.54, 1.807) is 24.4 Å². The summed E-state index contributed by atoms with van der Waals surface area (Å²) >= 11 is 7.44. The molecule has 6 nitrogen and oxygen atoms in total. The molecule has 0 saturated carbocycles. The number of thiazole rings is 1. The fourth-order valence-electron chi connectivity index (χ4n) is 2.01.